The zero-order valence-corrected chi connectivity index (χ0v) is 18.2. The molecule has 2 amide bonds. The third kappa shape index (κ3) is 5.01. The first-order valence-corrected chi connectivity index (χ1v) is 10.7. The summed E-state index contributed by atoms with van der Waals surface area (Å²) in [4.78, 5) is 38.5. The number of amides is 2. The number of hydrogen-bond acceptors (Lipinski definition) is 5. The average Bonchev–Trinajstić information content (AvgIpc) is 3.34. The van der Waals surface area contributed by atoms with E-state index < -0.39 is 10.8 Å². The third-order valence-electron chi connectivity index (χ3n) is 5.65. The molecule has 0 atom stereocenters. The molecule has 3 aromatic rings. The van der Waals surface area contributed by atoms with Crippen molar-refractivity contribution in [3.63, 3.8) is 0 Å². The lowest BCUT2D eigenvalue weighted by Gasteiger charge is -2.17. The molecule has 1 saturated heterocycles. The fraction of sp³-hybridized carbons (Fsp3) is 0.200. The van der Waals surface area contributed by atoms with E-state index in [9.17, 15) is 19.7 Å². The zero-order chi connectivity index (χ0) is 23.4. The van der Waals surface area contributed by atoms with Gasteiger partial charge in [-0.15, -0.1) is 0 Å². The van der Waals surface area contributed by atoms with E-state index in [1.807, 2.05) is 24.0 Å². The number of nitrogens with zero attached hydrogens (tertiary/aromatic N) is 2. The van der Waals surface area contributed by atoms with Crippen LogP contribution < -0.4 is 15.5 Å². The Balaban J connectivity index is 1.50. The zero-order valence-electron chi connectivity index (χ0n) is 18.2. The molecule has 0 saturated carbocycles. The lowest BCUT2D eigenvalue weighted by Crippen LogP contribution is -2.20. The molecule has 0 aromatic heterocycles. The van der Waals surface area contributed by atoms with Crippen molar-refractivity contribution >= 4 is 34.6 Å². The third-order valence-corrected chi connectivity index (χ3v) is 5.65. The highest BCUT2D eigenvalue weighted by molar-refractivity contribution is 6.07. The number of carbonyl (C=O) groups excluding carboxylic acids is 2. The molecule has 3 aromatic carbocycles. The average molecular weight is 444 g/mol. The van der Waals surface area contributed by atoms with Crippen LogP contribution in [0.2, 0.25) is 0 Å². The summed E-state index contributed by atoms with van der Waals surface area (Å²) in [5.74, 6) is -0.710. The molecule has 1 heterocycles. The molecule has 4 rings (SSSR count). The van der Waals surface area contributed by atoms with E-state index in [4.69, 9.17) is 0 Å². The van der Waals surface area contributed by atoms with Crippen LogP contribution >= 0.6 is 0 Å². The van der Waals surface area contributed by atoms with Crippen molar-refractivity contribution in [1.29, 1.82) is 0 Å². The number of benzene rings is 3. The molecule has 1 aliphatic heterocycles. The second-order valence-electron chi connectivity index (χ2n) is 7.96. The molecule has 0 aliphatic carbocycles. The van der Waals surface area contributed by atoms with Gasteiger partial charge in [0.15, 0.2) is 0 Å². The Labute approximate surface area is 191 Å². The summed E-state index contributed by atoms with van der Waals surface area (Å²) in [7, 11) is 0. The summed E-state index contributed by atoms with van der Waals surface area (Å²) in [5, 5.41) is 17.2. The van der Waals surface area contributed by atoms with Crippen molar-refractivity contribution in [3.05, 3.63) is 93.5 Å². The summed E-state index contributed by atoms with van der Waals surface area (Å²) in [5.41, 5.74) is 3.07. The number of nitro benzene ring substituents is 1. The maximum Gasteiger partial charge on any atom is 0.293 e. The van der Waals surface area contributed by atoms with Gasteiger partial charge in [0.2, 0.25) is 0 Å². The number of anilines is 3. The van der Waals surface area contributed by atoms with Gasteiger partial charge in [0, 0.05) is 41.7 Å². The van der Waals surface area contributed by atoms with Crippen molar-refractivity contribution in [2.45, 2.75) is 19.8 Å². The van der Waals surface area contributed by atoms with Gasteiger partial charge in [0.05, 0.1) is 4.92 Å². The van der Waals surface area contributed by atoms with Gasteiger partial charge in [-0.05, 0) is 61.7 Å². The van der Waals surface area contributed by atoms with Crippen LogP contribution in [0.4, 0.5) is 22.7 Å². The van der Waals surface area contributed by atoms with E-state index >= 15 is 0 Å². The van der Waals surface area contributed by atoms with Crippen LogP contribution in [0, 0.1) is 17.0 Å². The van der Waals surface area contributed by atoms with Gasteiger partial charge in [-0.25, -0.2) is 0 Å². The van der Waals surface area contributed by atoms with Crippen LogP contribution in [-0.2, 0) is 0 Å². The normalized spacial score (nSPS) is 12.9. The fourth-order valence-corrected chi connectivity index (χ4v) is 3.94. The number of hydrogen-bond donors (Lipinski definition) is 2. The van der Waals surface area contributed by atoms with Gasteiger partial charge in [0.1, 0.15) is 5.69 Å². The van der Waals surface area contributed by atoms with E-state index in [-0.39, 0.29) is 17.2 Å². The van der Waals surface area contributed by atoms with Crippen LogP contribution in [-0.4, -0.2) is 29.8 Å². The lowest BCUT2D eigenvalue weighted by atomic mass is 10.1. The minimum Gasteiger partial charge on any atom is -0.366 e. The molecule has 1 fully saturated rings. The van der Waals surface area contributed by atoms with Gasteiger partial charge in [-0.1, -0.05) is 24.3 Å². The molecule has 0 bridgehead atoms. The molecule has 0 unspecified atom stereocenters. The maximum atomic E-state index is 12.8. The van der Waals surface area contributed by atoms with Gasteiger partial charge in [-0.3, -0.25) is 19.7 Å². The van der Waals surface area contributed by atoms with E-state index in [0.29, 0.717) is 22.6 Å². The summed E-state index contributed by atoms with van der Waals surface area (Å²) < 4.78 is 0. The van der Waals surface area contributed by atoms with Gasteiger partial charge in [-0.2, -0.15) is 0 Å². The van der Waals surface area contributed by atoms with E-state index in [2.05, 4.69) is 10.6 Å². The first-order chi connectivity index (χ1) is 15.9. The van der Waals surface area contributed by atoms with Crippen LogP contribution in [0.1, 0.15) is 39.1 Å². The molecule has 8 heteroatoms. The van der Waals surface area contributed by atoms with Crippen LogP contribution in [0.3, 0.4) is 0 Å². The Morgan fingerprint density at radius 2 is 1.55 bits per heavy atom. The Morgan fingerprint density at radius 1 is 0.879 bits per heavy atom. The van der Waals surface area contributed by atoms with E-state index in [1.54, 1.807) is 48.5 Å². The second-order valence-corrected chi connectivity index (χ2v) is 7.96. The Hall–Kier alpha value is -4.20. The Bertz CT molecular complexity index is 1220. The highest BCUT2D eigenvalue weighted by Gasteiger charge is 2.24. The quantitative estimate of drug-likeness (QED) is 0.411. The fourth-order valence-electron chi connectivity index (χ4n) is 3.94. The Morgan fingerprint density at radius 3 is 2.21 bits per heavy atom. The molecular formula is C25H24N4O4. The number of nitrogens with one attached hydrogen (secondary N) is 2. The van der Waals surface area contributed by atoms with Crippen LogP contribution in [0.5, 0.6) is 0 Å². The maximum absolute atomic E-state index is 12.8. The molecule has 1 aliphatic rings. The molecule has 0 spiro atoms. The monoisotopic (exact) mass is 444 g/mol. The van der Waals surface area contributed by atoms with Crippen molar-refractivity contribution in [2.24, 2.45) is 0 Å². The second kappa shape index (κ2) is 9.52. The standard InChI is InChI=1S/C25H24N4O4/c1-17-7-2-3-10-21(17)25(31)27-20-9-6-8-19(16-20)26-24(30)18-11-12-22(23(15-18)29(32)33)28-13-4-5-14-28/h2-3,6-12,15-16H,4-5,13-14H2,1H3,(H,26,30)(H,27,31). The van der Waals surface area contributed by atoms with Crippen molar-refractivity contribution in [3.8, 4) is 0 Å². The summed E-state index contributed by atoms with van der Waals surface area (Å²) >= 11 is 0. The number of nitro groups is 1. The number of carbonyl (C=O) groups is 2. The first kappa shape index (κ1) is 22.0. The van der Waals surface area contributed by atoms with Gasteiger partial charge < -0.3 is 15.5 Å². The van der Waals surface area contributed by atoms with Gasteiger partial charge in [0.25, 0.3) is 17.5 Å². The highest BCUT2D eigenvalue weighted by Crippen LogP contribution is 2.32. The number of rotatable bonds is 6. The van der Waals surface area contributed by atoms with Crippen LogP contribution in [0.15, 0.2) is 66.7 Å². The van der Waals surface area contributed by atoms with Gasteiger partial charge >= 0.3 is 0 Å². The van der Waals surface area contributed by atoms with Crippen LogP contribution in [0.25, 0.3) is 0 Å². The summed E-state index contributed by atoms with van der Waals surface area (Å²) in [6, 6.07) is 18.6. The number of aryl methyl sites for hydroxylation is 1. The van der Waals surface area contributed by atoms with E-state index in [0.717, 1.165) is 31.5 Å². The molecule has 0 radical (unpaired) electrons. The SMILES string of the molecule is Cc1ccccc1C(=O)Nc1cccc(NC(=O)c2ccc(N3CCCC3)c([N+](=O)[O-])c2)c1. The predicted molar refractivity (Wildman–Crippen MR) is 128 cm³/mol. The summed E-state index contributed by atoms with van der Waals surface area (Å²) in [6.07, 6.45) is 1.99. The molecule has 33 heavy (non-hydrogen) atoms. The topological polar surface area (TPSA) is 105 Å². The Kier molecular flexibility index (Phi) is 6.35. The summed E-state index contributed by atoms with van der Waals surface area (Å²) in [6.45, 7) is 3.40. The largest absolute Gasteiger partial charge is 0.366 e. The minimum atomic E-state index is -0.464. The smallest absolute Gasteiger partial charge is 0.293 e. The molecular weight excluding hydrogens is 420 g/mol. The van der Waals surface area contributed by atoms with Crippen molar-refractivity contribution in [2.75, 3.05) is 28.6 Å². The van der Waals surface area contributed by atoms with Crippen molar-refractivity contribution < 1.29 is 14.5 Å². The lowest BCUT2D eigenvalue weighted by molar-refractivity contribution is -0.384. The minimum absolute atomic E-state index is 0.0798. The molecule has 168 valence electrons. The molecule has 2 N–H and O–H groups in total. The predicted octanol–water partition coefficient (Wildman–Crippen LogP) is 5.01. The first-order valence-electron chi connectivity index (χ1n) is 10.7. The highest BCUT2D eigenvalue weighted by atomic mass is 16.6. The van der Waals surface area contributed by atoms with E-state index in [1.165, 1.54) is 6.07 Å². The van der Waals surface area contributed by atoms with Crippen molar-refractivity contribution in [1.82, 2.24) is 0 Å². The molecule has 8 nitrogen and oxygen atoms in total.